The van der Waals surface area contributed by atoms with Gasteiger partial charge in [-0.2, -0.15) is 0 Å². The van der Waals surface area contributed by atoms with E-state index < -0.39 is 0 Å². The molecule has 0 radical (unpaired) electrons. The zero-order chi connectivity index (χ0) is 21.4. The molecule has 0 bridgehead atoms. The van der Waals surface area contributed by atoms with Crippen LogP contribution in [0.5, 0.6) is 0 Å². The highest BCUT2D eigenvalue weighted by atomic mass is 16.2. The van der Waals surface area contributed by atoms with Crippen LogP contribution in [0.15, 0.2) is 60.7 Å². The van der Waals surface area contributed by atoms with Gasteiger partial charge in [-0.15, -0.1) is 10.2 Å². The van der Waals surface area contributed by atoms with Crippen molar-refractivity contribution in [3.8, 4) is 11.3 Å². The van der Waals surface area contributed by atoms with E-state index in [1.54, 1.807) is 0 Å². The summed E-state index contributed by atoms with van der Waals surface area (Å²) >= 11 is 0. The van der Waals surface area contributed by atoms with Gasteiger partial charge in [0.1, 0.15) is 0 Å². The second-order valence-corrected chi connectivity index (χ2v) is 8.77. The maximum Gasteiger partial charge on any atom is 0.232 e. The molecule has 5 rings (SSSR count). The third-order valence-corrected chi connectivity index (χ3v) is 6.61. The number of carbonyl (C=O) groups is 1. The molecule has 0 N–H and O–H groups in total. The molecule has 3 aromatic rings. The summed E-state index contributed by atoms with van der Waals surface area (Å²) < 4.78 is 0. The van der Waals surface area contributed by atoms with Crippen molar-refractivity contribution < 1.29 is 4.79 Å². The summed E-state index contributed by atoms with van der Waals surface area (Å²) in [6.07, 6.45) is 2.85. The molecule has 0 spiro atoms. The number of carbonyl (C=O) groups excluding carboxylic acids is 1. The van der Waals surface area contributed by atoms with Gasteiger partial charge in [0.25, 0.3) is 0 Å². The molecule has 158 valence electrons. The molecule has 0 saturated carbocycles. The van der Waals surface area contributed by atoms with E-state index in [4.69, 9.17) is 0 Å². The van der Waals surface area contributed by atoms with Crippen molar-refractivity contribution in [2.75, 3.05) is 22.9 Å². The molecule has 2 aromatic carbocycles. The van der Waals surface area contributed by atoms with Crippen LogP contribution in [0.4, 0.5) is 11.5 Å². The Morgan fingerprint density at radius 2 is 1.81 bits per heavy atom. The highest BCUT2D eigenvalue weighted by Gasteiger charge is 2.36. The highest BCUT2D eigenvalue weighted by molar-refractivity contribution is 5.98. The van der Waals surface area contributed by atoms with Gasteiger partial charge >= 0.3 is 0 Å². The van der Waals surface area contributed by atoms with Gasteiger partial charge in [0, 0.05) is 30.4 Å². The fraction of sp³-hybridized carbons (Fsp3) is 0.346. The fourth-order valence-electron chi connectivity index (χ4n) is 4.98. The number of para-hydroxylation sites is 1. The van der Waals surface area contributed by atoms with Crippen LogP contribution in [0.2, 0.25) is 0 Å². The van der Waals surface area contributed by atoms with E-state index >= 15 is 0 Å². The molecule has 1 fully saturated rings. The molecule has 1 saturated heterocycles. The van der Waals surface area contributed by atoms with E-state index in [0.717, 1.165) is 48.6 Å². The van der Waals surface area contributed by atoms with Gasteiger partial charge in [0.15, 0.2) is 5.82 Å². The maximum atomic E-state index is 13.5. The molecule has 1 amide bonds. The lowest BCUT2D eigenvalue weighted by molar-refractivity contribution is -0.122. The first kappa shape index (κ1) is 19.7. The monoisotopic (exact) mass is 412 g/mol. The van der Waals surface area contributed by atoms with Gasteiger partial charge in [0.2, 0.25) is 5.91 Å². The topological polar surface area (TPSA) is 49.3 Å². The smallest absolute Gasteiger partial charge is 0.232 e. The lowest BCUT2D eigenvalue weighted by Crippen LogP contribution is -2.47. The van der Waals surface area contributed by atoms with Crippen molar-refractivity contribution in [1.82, 2.24) is 10.2 Å². The van der Waals surface area contributed by atoms with Crippen LogP contribution < -0.4 is 9.80 Å². The minimum Gasteiger partial charge on any atom is -0.354 e. The summed E-state index contributed by atoms with van der Waals surface area (Å²) in [5.41, 5.74) is 5.53. The molecule has 3 heterocycles. The van der Waals surface area contributed by atoms with Crippen molar-refractivity contribution in [1.29, 1.82) is 0 Å². The van der Waals surface area contributed by atoms with Gasteiger partial charge in [-0.1, -0.05) is 42.5 Å². The normalized spacial score (nSPS) is 20.6. The molecular formula is C26H28N4O. The summed E-state index contributed by atoms with van der Waals surface area (Å²) in [5.74, 6) is 1.08. The Morgan fingerprint density at radius 1 is 1.00 bits per heavy atom. The Kier molecular flexibility index (Phi) is 5.18. The second-order valence-electron chi connectivity index (χ2n) is 8.77. The average molecular weight is 413 g/mol. The molecule has 2 aliphatic rings. The van der Waals surface area contributed by atoms with Crippen LogP contribution in [0, 0.1) is 12.8 Å². The second kappa shape index (κ2) is 8.14. The van der Waals surface area contributed by atoms with E-state index in [1.807, 2.05) is 35.2 Å². The average Bonchev–Trinajstić information content (AvgIpc) is 3.15. The Morgan fingerprint density at radius 3 is 2.61 bits per heavy atom. The number of aryl methyl sites for hydroxylation is 1. The number of amides is 1. The van der Waals surface area contributed by atoms with E-state index in [2.05, 4.69) is 59.3 Å². The minimum absolute atomic E-state index is 0.0137. The quantitative estimate of drug-likeness (QED) is 0.629. The number of rotatable bonds is 3. The Labute approximate surface area is 183 Å². The van der Waals surface area contributed by atoms with Crippen LogP contribution in [-0.4, -0.2) is 35.2 Å². The van der Waals surface area contributed by atoms with Crippen LogP contribution in [-0.2, 0) is 11.2 Å². The summed E-state index contributed by atoms with van der Waals surface area (Å²) in [6, 6.07) is 20.8. The van der Waals surface area contributed by atoms with Gasteiger partial charge in [-0.05, 0) is 62.4 Å². The van der Waals surface area contributed by atoms with Crippen LogP contribution in [0.1, 0.15) is 30.9 Å². The van der Waals surface area contributed by atoms with Gasteiger partial charge in [0.05, 0.1) is 11.6 Å². The third-order valence-electron chi connectivity index (χ3n) is 6.61. The largest absolute Gasteiger partial charge is 0.354 e. The van der Waals surface area contributed by atoms with Crippen molar-refractivity contribution in [2.45, 2.75) is 39.2 Å². The van der Waals surface area contributed by atoms with Crippen molar-refractivity contribution in [3.05, 3.63) is 71.8 Å². The number of hydrogen-bond acceptors (Lipinski definition) is 4. The summed E-state index contributed by atoms with van der Waals surface area (Å²) in [7, 11) is 0. The molecule has 2 atom stereocenters. The fourth-order valence-corrected chi connectivity index (χ4v) is 4.98. The van der Waals surface area contributed by atoms with Crippen molar-refractivity contribution in [3.63, 3.8) is 0 Å². The minimum atomic E-state index is -0.0137. The van der Waals surface area contributed by atoms with E-state index in [9.17, 15) is 4.79 Å². The number of piperidine rings is 1. The number of aromatic nitrogens is 2. The zero-order valence-electron chi connectivity index (χ0n) is 18.2. The first-order valence-corrected chi connectivity index (χ1v) is 11.2. The number of benzene rings is 2. The van der Waals surface area contributed by atoms with Crippen molar-refractivity contribution in [2.24, 2.45) is 5.92 Å². The van der Waals surface area contributed by atoms with E-state index in [-0.39, 0.29) is 17.9 Å². The molecule has 2 unspecified atom stereocenters. The van der Waals surface area contributed by atoms with Gasteiger partial charge < -0.3 is 9.80 Å². The first-order valence-electron chi connectivity index (χ1n) is 11.2. The summed E-state index contributed by atoms with van der Waals surface area (Å²) in [6.45, 7) is 5.84. The van der Waals surface area contributed by atoms with Gasteiger partial charge in [-0.3, -0.25) is 4.79 Å². The van der Waals surface area contributed by atoms with Gasteiger partial charge in [-0.25, -0.2) is 0 Å². The number of fused-ring (bicyclic) bond motifs is 1. The predicted octanol–water partition coefficient (Wildman–Crippen LogP) is 4.65. The van der Waals surface area contributed by atoms with Crippen LogP contribution >= 0.6 is 0 Å². The molecular weight excluding hydrogens is 384 g/mol. The van der Waals surface area contributed by atoms with E-state index in [0.29, 0.717) is 6.54 Å². The highest BCUT2D eigenvalue weighted by Crippen LogP contribution is 2.34. The molecule has 2 aliphatic heterocycles. The molecule has 1 aromatic heterocycles. The Hall–Kier alpha value is -3.21. The Balaban J connectivity index is 1.33. The SMILES string of the molecule is Cc1ccccc1-c1ccc(N2CCCC(C(=O)N3c4ccccc4CC3C)C2)nn1. The molecule has 0 aliphatic carbocycles. The van der Waals surface area contributed by atoms with Crippen LogP contribution in [0.3, 0.4) is 0 Å². The zero-order valence-corrected chi connectivity index (χ0v) is 18.2. The summed E-state index contributed by atoms with van der Waals surface area (Å²) in [5, 5.41) is 9.00. The third kappa shape index (κ3) is 3.69. The number of anilines is 2. The predicted molar refractivity (Wildman–Crippen MR) is 124 cm³/mol. The standard InChI is InChI=1S/C26H28N4O/c1-18-8-3-5-11-22(18)23-13-14-25(28-27-23)29-15-7-10-21(17-29)26(31)30-19(2)16-20-9-4-6-12-24(20)30/h3-6,8-9,11-14,19,21H,7,10,15-17H2,1-2H3. The Bertz CT molecular complexity index is 1090. The maximum absolute atomic E-state index is 13.5. The van der Waals surface area contributed by atoms with Crippen molar-refractivity contribution >= 4 is 17.4 Å². The van der Waals surface area contributed by atoms with Crippen LogP contribution in [0.25, 0.3) is 11.3 Å². The lowest BCUT2D eigenvalue weighted by atomic mass is 9.96. The number of nitrogens with zero attached hydrogens (tertiary/aromatic N) is 4. The van der Waals surface area contributed by atoms with E-state index in [1.165, 1.54) is 11.1 Å². The molecule has 31 heavy (non-hydrogen) atoms. The molecule has 5 heteroatoms. The summed E-state index contributed by atoms with van der Waals surface area (Å²) in [4.78, 5) is 17.7. The lowest BCUT2D eigenvalue weighted by Gasteiger charge is -2.35. The molecule has 5 nitrogen and oxygen atoms in total. The number of hydrogen-bond donors (Lipinski definition) is 0. The first-order chi connectivity index (χ1) is 15.1.